The van der Waals surface area contributed by atoms with Crippen molar-refractivity contribution in [2.45, 2.75) is 12.1 Å². The van der Waals surface area contributed by atoms with Crippen molar-refractivity contribution in [2.24, 2.45) is 0 Å². The smallest absolute Gasteiger partial charge is 0.405 e. The summed E-state index contributed by atoms with van der Waals surface area (Å²) in [5.41, 5.74) is 1.53. The van der Waals surface area contributed by atoms with Gasteiger partial charge in [-0.15, -0.1) is 0 Å². The second kappa shape index (κ2) is 8.19. The highest BCUT2D eigenvalue weighted by Crippen LogP contribution is 2.34. The molecular weight excluding hydrogens is 452 g/mol. The van der Waals surface area contributed by atoms with Gasteiger partial charge in [-0.25, -0.2) is 4.79 Å². The molecule has 0 saturated heterocycles. The molecule has 0 fully saturated rings. The number of rotatable bonds is 5. The second-order valence-electron chi connectivity index (χ2n) is 4.81. The molecule has 0 aliphatic rings. The fraction of sp³-hybridized carbons (Fsp3) is 0.188. The molecule has 2 N–H and O–H groups in total. The van der Waals surface area contributed by atoms with Crippen LogP contribution in [0.5, 0.6) is 0 Å². The van der Waals surface area contributed by atoms with Gasteiger partial charge in [0.05, 0.1) is 16.1 Å². The van der Waals surface area contributed by atoms with Crippen LogP contribution in [0.3, 0.4) is 0 Å². The first-order chi connectivity index (χ1) is 10.9. The summed E-state index contributed by atoms with van der Waals surface area (Å²) < 4.78 is 6.64. The molecule has 0 aromatic heterocycles. The molecule has 2 aromatic carbocycles. The van der Waals surface area contributed by atoms with Gasteiger partial charge >= 0.3 is 6.09 Å². The van der Waals surface area contributed by atoms with Crippen molar-refractivity contribution in [3.05, 3.63) is 67.2 Å². The number of carboxylic acid groups (broad SMARTS) is 1. The van der Waals surface area contributed by atoms with E-state index in [1.54, 1.807) is 18.2 Å². The van der Waals surface area contributed by atoms with Crippen LogP contribution in [0.25, 0.3) is 0 Å². The van der Waals surface area contributed by atoms with Gasteiger partial charge in [0.2, 0.25) is 0 Å². The van der Waals surface area contributed by atoms with E-state index in [1.165, 1.54) is 7.11 Å². The Balaban J connectivity index is 2.44. The maximum atomic E-state index is 11.2. The number of amides is 1. The maximum Gasteiger partial charge on any atom is 0.405 e. The Bertz CT molecular complexity index is 694. The lowest BCUT2D eigenvalue weighted by Gasteiger charge is -2.27. The first kappa shape index (κ1) is 18.3. The summed E-state index contributed by atoms with van der Waals surface area (Å²) in [6.45, 7) is 0. The van der Waals surface area contributed by atoms with Crippen LogP contribution in [0.4, 0.5) is 4.79 Å². The Kier molecular flexibility index (Phi) is 6.52. The molecule has 0 saturated carbocycles. The van der Waals surface area contributed by atoms with Gasteiger partial charge in [-0.05, 0) is 58.0 Å². The SMILES string of the molecule is COC(c1ccc(I)cc1)C(NC(=O)O)c1ccc(Cl)c(Cl)c1. The van der Waals surface area contributed by atoms with Crippen molar-refractivity contribution in [1.82, 2.24) is 5.32 Å². The molecule has 23 heavy (non-hydrogen) atoms. The monoisotopic (exact) mass is 465 g/mol. The van der Waals surface area contributed by atoms with Crippen molar-refractivity contribution < 1.29 is 14.6 Å². The van der Waals surface area contributed by atoms with Gasteiger partial charge in [0.15, 0.2) is 0 Å². The Morgan fingerprint density at radius 1 is 1.13 bits per heavy atom. The highest BCUT2D eigenvalue weighted by molar-refractivity contribution is 14.1. The number of halogens is 3. The van der Waals surface area contributed by atoms with Gasteiger partial charge in [0.1, 0.15) is 6.10 Å². The van der Waals surface area contributed by atoms with Gasteiger partial charge in [0, 0.05) is 10.7 Å². The Morgan fingerprint density at radius 2 is 1.74 bits per heavy atom. The third-order valence-electron chi connectivity index (χ3n) is 3.34. The van der Waals surface area contributed by atoms with Crippen LogP contribution in [-0.4, -0.2) is 18.3 Å². The van der Waals surface area contributed by atoms with Crippen molar-refractivity contribution in [1.29, 1.82) is 0 Å². The van der Waals surface area contributed by atoms with E-state index in [4.69, 9.17) is 27.9 Å². The molecular formula is C16H14Cl2INO3. The zero-order chi connectivity index (χ0) is 17.0. The zero-order valence-corrected chi connectivity index (χ0v) is 15.8. The van der Waals surface area contributed by atoms with E-state index in [2.05, 4.69) is 27.9 Å². The van der Waals surface area contributed by atoms with Crippen molar-refractivity contribution in [2.75, 3.05) is 7.11 Å². The summed E-state index contributed by atoms with van der Waals surface area (Å²) >= 11 is 14.2. The van der Waals surface area contributed by atoms with Crippen molar-refractivity contribution >= 4 is 51.9 Å². The Labute approximate surface area is 157 Å². The first-order valence-electron chi connectivity index (χ1n) is 6.65. The average molecular weight is 466 g/mol. The molecule has 0 spiro atoms. The van der Waals surface area contributed by atoms with E-state index in [1.807, 2.05) is 24.3 Å². The largest absolute Gasteiger partial charge is 0.465 e. The molecule has 0 radical (unpaired) electrons. The summed E-state index contributed by atoms with van der Waals surface area (Å²) in [7, 11) is 1.54. The van der Waals surface area contributed by atoms with E-state index in [-0.39, 0.29) is 0 Å². The highest BCUT2D eigenvalue weighted by Gasteiger charge is 2.27. The Hall–Kier alpha value is -1.02. The fourth-order valence-corrected chi connectivity index (χ4v) is 2.96. The molecule has 2 unspecified atom stereocenters. The van der Waals surface area contributed by atoms with E-state index in [9.17, 15) is 9.90 Å². The average Bonchev–Trinajstić information content (AvgIpc) is 2.51. The van der Waals surface area contributed by atoms with E-state index < -0.39 is 18.2 Å². The molecule has 2 aromatic rings. The van der Waals surface area contributed by atoms with Crippen LogP contribution >= 0.6 is 45.8 Å². The lowest BCUT2D eigenvalue weighted by Crippen LogP contribution is -2.32. The minimum atomic E-state index is -1.14. The van der Waals surface area contributed by atoms with E-state index in [0.29, 0.717) is 15.6 Å². The minimum absolute atomic E-state index is 0.360. The normalized spacial score (nSPS) is 13.4. The summed E-state index contributed by atoms with van der Waals surface area (Å²) in [5, 5.41) is 12.4. The number of ether oxygens (including phenoxy) is 1. The number of benzene rings is 2. The predicted molar refractivity (Wildman–Crippen MR) is 99.3 cm³/mol. The van der Waals surface area contributed by atoms with Crippen LogP contribution in [0.15, 0.2) is 42.5 Å². The van der Waals surface area contributed by atoms with Crippen LogP contribution in [-0.2, 0) is 4.74 Å². The number of carbonyl (C=O) groups is 1. The van der Waals surface area contributed by atoms with Gasteiger partial charge in [-0.3, -0.25) is 0 Å². The minimum Gasteiger partial charge on any atom is -0.465 e. The summed E-state index contributed by atoms with van der Waals surface area (Å²) in [6.07, 6.45) is -1.64. The lowest BCUT2D eigenvalue weighted by atomic mass is 9.95. The van der Waals surface area contributed by atoms with Crippen LogP contribution in [0.1, 0.15) is 23.3 Å². The number of hydrogen-bond donors (Lipinski definition) is 2. The highest BCUT2D eigenvalue weighted by atomic mass is 127. The summed E-state index contributed by atoms with van der Waals surface area (Å²) in [6, 6.07) is 12.1. The fourth-order valence-electron chi connectivity index (χ4n) is 2.29. The Morgan fingerprint density at radius 3 is 2.26 bits per heavy atom. The standard InChI is InChI=1S/C16H14Cl2INO3/c1-23-15(9-2-5-11(19)6-3-9)14(20-16(21)22)10-4-7-12(17)13(18)8-10/h2-8,14-15,20H,1H3,(H,21,22). The van der Waals surface area contributed by atoms with E-state index in [0.717, 1.165) is 9.13 Å². The number of nitrogens with one attached hydrogen (secondary N) is 1. The summed E-state index contributed by atoms with van der Waals surface area (Å²) in [4.78, 5) is 11.2. The molecule has 4 nitrogen and oxygen atoms in total. The molecule has 0 bridgehead atoms. The van der Waals surface area contributed by atoms with Gasteiger partial charge in [0.25, 0.3) is 0 Å². The second-order valence-corrected chi connectivity index (χ2v) is 6.87. The number of hydrogen-bond acceptors (Lipinski definition) is 2. The van der Waals surface area contributed by atoms with Crippen LogP contribution in [0.2, 0.25) is 10.0 Å². The third-order valence-corrected chi connectivity index (χ3v) is 4.80. The topological polar surface area (TPSA) is 58.6 Å². The molecule has 0 aliphatic carbocycles. The molecule has 7 heteroatoms. The van der Waals surface area contributed by atoms with Gasteiger partial charge in [-0.2, -0.15) is 0 Å². The number of methoxy groups -OCH3 is 1. The molecule has 2 atom stereocenters. The quantitative estimate of drug-likeness (QED) is 0.589. The maximum absolute atomic E-state index is 11.2. The van der Waals surface area contributed by atoms with Crippen molar-refractivity contribution in [3.63, 3.8) is 0 Å². The molecule has 1 amide bonds. The molecule has 122 valence electrons. The van der Waals surface area contributed by atoms with Gasteiger partial charge in [-0.1, -0.05) is 41.4 Å². The zero-order valence-electron chi connectivity index (χ0n) is 12.1. The van der Waals surface area contributed by atoms with Crippen molar-refractivity contribution in [3.8, 4) is 0 Å². The molecule has 0 aliphatic heterocycles. The van der Waals surface area contributed by atoms with E-state index >= 15 is 0 Å². The lowest BCUT2D eigenvalue weighted by molar-refractivity contribution is 0.0666. The first-order valence-corrected chi connectivity index (χ1v) is 8.48. The predicted octanol–water partition coefficient (Wildman–Crippen LogP) is 5.29. The van der Waals surface area contributed by atoms with Crippen LogP contribution < -0.4 is 5.32 Å². The van der Waals surface area contributed by atoms with Gasteiger partial charge < -0.3 is 15.2 Å². The van der Waals surface area contributed by atoms with Crippen LogP contribution in [0, 0.1) is 3.57 Å². The molecule has 2 rings (SSSR count). The third kappa shape index (κ3) is 4.73. The molecule has 0 heterocycles. The summed E-state index contributed by atoms with van der Waals surface area (Å²) in [5.74, 6) is 0.